The standard InChI is InChI=1S/C19H26N2O5/c1-11(2)9-16(22)21-15(18(20)23)10-14(19(24)26-4)17(21)12-5-7-13(25-3)8-6-12/h5-8,11,14-15,17H,9-10H2,1-4H3,(H2,20,23). The molecule has 1 fully saturated rings. The average Bonchev–Trinajstić information content (AvgIpc) is 3.01. The maximum Gasteiger partial charge on any atom is 0.311 e. The summed E-state index contributed by atoms with van der Waals surface area (Å²) in [5, 5.41) is 0. The van der Waals surface area contributed by atoms with Gasteiger partial charge in [0.25, 0.3) is 0 Å². The van der Waals surface area contributed by atoms with Gasteiger partial charge in [-0.25, -0.2) is 0 Å². The largest absolute Gasteiger partial charge is 0.497 e. The third-order valence-electron chi connectivity index (χ3n) is 4.65. The number of carbonyl (C=O) groups is 3. The minimum absolute atomic E-state index is 0.115. The van der Waals surface area contributed by atoms with Crippen LogP contribution in [0.2, 0.25) is 0 Å². The maximum atomic E-state index is 12.9. The van der Waals surface area contributed by atoms with Gasteiger partial charge in [0.15, 0.2) is 0 Å². The fourth-order valence-corrected chi connectivity index (χ4v) is 3.48. The molecule has 1 heterocycles. The van der Waals surface area contributed by atoms with E-state index < -0.39 is 29.9 Å². The molecule has 142 valence electrons. The summed E-state index contributed by atoms with van der Waals surface area (Å²) in [6.07, 6.45) is 0.423. The van der Waals surface area contributed by atoms with E-state index in [1.165, 1.54) is 12.0 Å². The molecule has 3 unspecified atom stereocenters. The number of nitrogens with two attached hydrogens (primary N) is 1. The first-order chi connectivity index (χ1) is 12.3. The molecule has 0 aliphatic carbocycles. The Kier molecular flexibility index (Phi) is 6.23. The highest BCUT2D eigenvalue weighted by Crippen LogP contribution is 2.42. The molecule has 3 atom stereocenters. The minimum Gasteiger partial charge on any atom is -0.497 e. The van der Waals surface area contributed by atoms with Gasteiger partial charge in [0.1, 0.15) is 11.8 Å². The summed E-state index contributed by atoms with van der Waals surface area (Å²) in [6.45, 7) is 3.85. The number of rotatable bonds is 6. The van der Waals surface area contributed by atoms with E-state index >= 15 is 0 Å². The zero-order chi connectivity index (χ0) is 19.4. The summed E-state index contributed by atoms with van der Waals surface area (Å²) >= 11 is 0. The van der Waals surface area contributed by atoms with Crippen LogP contribution in [0.1, 0.15) is 38.3 Å². The zero-order valence-electron chi connectivity index (χ0n) is 15.6. The minimum atomic E-state index is -0.836. The second kappa shape index (κ2) is 8.21. The van der Waals surface area contributed by atoms with Gasteiger partial charge in [-0.1, -0.05) is 26.0 Å². The van der Waals surface area contributed by atoms with Gasteiger partial charge in [-0.15, -0.1) is 0 Å². The Bertz CT molecular complexity index is 671. The molecular weight excluding hydrogens is 336 g/mol. The number of esters is 1. The number of primary amides is 1. The highest BCUT2D eigenvalue weighted by atomic mass is 16.5. The smallest absolute Gasteiger partial charge is 0.311 e. The molecule has 1 aliphatic rings. The lowest BCUT2D eigenvalue weighted by molar-refractivity contribution is -0.147. The van der Waals surface area contributed by atoms with Gasteiger partial charge in [0.05, 0.1) is 26.2 Å². The van der Waals surface area contributed by atoms with Crippen molar-refractivity contribution in [2.75, 3.05) is 14.2 Å². The molecular formula is C19H26N2O5. The Balaban J connectivity index is 2.49. The molecule has 0 saturated carbocycles. The van der Waals surface area contributed by atoms with Crippen LogP contribution in [0.4, 0.5) is 0 Å². The van der Waals surface area contributed by atoms with Crippen LogP contribution >= 0.6 is 0 Å². The van der Waals surface area contributed by atoms with Crippen molar-refractivity contribution < 1.29 is 23.9 Å². The fourth-order valence-electron chi connectivity index (χ4n) is 3.48. The van der Waals surface area contributed by atoms with Crippen LogP contribution in [0, 0.1) is 11.8 Å². The predicted molar refractivity (Wildman–Crippen MR) is 95.1 cm³/mol. The van der Waals surface area contributed by atoms with Crippen molar-refractivity contribution in [2.24, 2.45) is 17.6 Å². The molecule has 0 aromatic heterocycles. The molecule has 0 radical (unpaired) electrons. The molecule has 1 saturated heterocycles. The second-order valence-corrected chi connectivity index (χ2v) is 6.90. The highest BCUT2D eigenvalue weighted by molar-refractivity contribution is 5.90. The molecule has 1 aromatic carbocycles. The van der Waals surface area contributed by atoms with Gasteiger partial charge in [-0.3, -0.25) is 14.4 Å². The van der Waals surface area contributed by atoms with E-state index in [-0.39, 0.29) is 24.7 Å². The van der Waals surface area contributed by atoms with Crippen LogP contribution in [-0.4, -0.2) is 42.9 Å². The van der Waals surface area contributed by atoms with Gasteiger partial charge in [0, 0.05) is 6.42 Å². The monoisotopic (exact) mass is 362 g/mol. The van der Waals surface area contributed by atoms with Crippen LogP contribution < -0.4 is 10.5 Å². The van der Waals surface area contributed by atoms with Crippen molar-refractivity contribution in [3.05, 3.63) is 29.8 Å². The van der Waals surface area contributed by atoms with Crippen molar-refractivity contribution in [3.63, 3.8) is 0 Å². The molecule has 2 rings (SSSR count). The maximum absolute atomic E-state index is 12.9. The van der Waals surface area contributed by atoms with E-state index in [0.717, 1.165) is 5.56 Å². The van der Waals surface area contributed by atoms with Gasteiger partial charge >= 0.3 is 5.97 Å². The van der Waals surface area contributed by atoms with E-state index in [0.29, 0.717) is 5.75 Å². The van der Waals surface area contributed by atoms with E-state index in [1.54, 1.807) is 31.4 Å². The molecule has 1 aliphatic heterocycles. The first-order valence-electron chi connectivity index (χ1n) is 8.62. The first kappa shape index (κ1) is 19.8. The van der Waals surface area contributed by atoms with Crippen molar-refractivity contribution in [1.82, 2.24) is 4.90 Å². The van der Waals surface area contributed by atoms with Crippen molar-refractivity contribution in [1.29, 1.82) is 0 Å². The van der Waals surface area contributed by atoms with E-state index in [4.69, 9.17) is 15.2 Å². The molecule has 26 heavy (non-hydrogen) atoms. The fraction of sp³-hybridized carbons (Fsp3) is 0.526. The SMILES string of the molecule is COC(=O)C1CC(C(N)=O)N(C(=O)CC(C)C)C1c1ccc(OC)cc1. The normalized spacial score (nSPS) is 22.3. The summed E-state index contributed by atoms with van der Waals surface area (Å²) in [5.74, 6) is -1.15. The van der Waals surface area contributed by atoms with Crippen LogP contribution in [-0.2, 0) is 19.1 Å². The summed E-state index contributed by atoms with van der Waals surface area (Å²) in [6, 6.07) is 5.66. The number of hydrogen-bond acceptors (Lipinski definition) is 5. The summed E-state index contributed by atoms with van der Waals surface area (Å²) < 4.78 is 10.1. The number of amides is 2. The predicted octanol–water partition coefficient (Wildman–Crippen LogP) is 1.66. The lowest BCUT2D eigenvalue weighted by Crippen LogP contribution is -2.45. The van der Waals surface area contributed by atoms with Gasteiger partial charge in [-0.2, -0.15) is 0 Å². The summed E-state index contributed by atoms with van der Waals surface area (Å²) in [4.78, 5) is 38.7. The zero-order valence-corrected chi connectivity index (χ0v) is 15.6. The number of methoxy groups -OCH3 is 2. The second-order valence-electron chi connectivity index (χ2n) is 6.90. The number of nitrogens with zero attached hydrogens (tertiary/aromatic N) is 1. The van der Waals surface area contributed by atoms with Crippen LogP contribution in [0.3, 0.4) is 0 Å². The van der Waals surface area contributed by atoms with Gasteiger partial charge in [0.2, 0.25) is 11.8 Å². The quantitative estimate of drug-likeness (QED) is 0.776. The first-order valence-corrected chi connectivity index (χ1v) is 8.62. The van der Waals surface area contributed by atoms with Crippen molar-refractivity contribution >= 4 is 17.8 Å². The molecule has 2 amide bonds. The Morgan fingerprint density at radius 1 is 1.19 bits per heavy atom. The Morgan fingerprint density at radius 2 is 1.81 bits per heavy atom. The summed E-state index contributed by atoms with van der Waals surface area (Å²) in [5.41, 5.74) is 6.28. The number of carbonyl (C=O) groups excluding carboxylic acids is 3. The number of benzene rings is 1. The van der Waals surface area contributed by atoms with E-state index in [1.807, 2.05) is 13.8 Å². The number of hydrogen-bond donors (Lipinski definition) is 1. The Hall–Kier alpha value is -2.57. The third kappa shape index (κ3) is 3.98. The van der Waals surface area contributed by atoms with Crippen LogP contribution in [0.15, 0.2) is 24.3 Å². The lowest BCUT2D eigenvalue weighted by Gasteiger charge is -2.31. The van der Waals surface area contributed by atoms with Crippen LogP contribution in [0.5, 0.6) is 5.75 Å². The average molecular weight is 362 g/mol. The highest BCUT2D eigenvalue weighted by Gasteiger charge is 2.50. The van der Waals surface area contributed by atoms with Crippen LogP contribution in [0.25, 0.3) is 0 Å². The Labute approximate surface area is 153 Å². The Morgan fingerprint density at radius 3 is 2.27 bits per heavy atom. The number of likely N-dealkylation sites (tertiary alicyclic amines) is 1. The molecule has 0 bridgehead atoms. The van der Waals surface area contributed by atoms with Gasteiger partial charge in [-0.05, 0) is 30.0 Å². The lowest BCUT2D eigenvalue weighted by atomic mass is 9.93. The van der Waals surface area contributed by atoms with E-state index in [2.05, 4.69) is 0 Å². The molecule has 0 spiro atoms. The molecule has 7 nitrogen and oxygen atoms in total. The molecule has 7 heteroatoms. The molecule has 1 aromatic rings. The summed E-state index contributed by atoms with van der Waals surface area (Å²) in [7, 11) is 2.86. The van der Waals surface area contributed by atoms with Crippen molar-refractivity contribution in [2.45, 2.75) is 38.8 Å². The van der Waals surface area contributed by atoms with Crippen molar-refractivity contribution in [3.8, 4) is 5.75 Å². The van der Waals surface area contributed by atoms with Gasteiger partial charge < -0.3 is 20.1 Å². The number of ether oxygens (including phenoxy) is 2. The third-order valence-corrected chi connectivity index (χ3v) is 4.65. The molecule has 2 N–H and O–H groups in total. The topological polar surface area (TPSA) is 98.9 Å². The van der Waals surface area contributed by atoms with E-state index in [9.17, 15) is 14.4 Å².